The van der Waals surface area contributed by atoms with Gasteiger partial charge in [0.1, 0.15) is 11.5 Å². The molecule has 256 valence electrons. The van der Waals surface area contributed by atoms with Gasteiger partial charge in [0.15, 0.2) is 12.2 Å². The van der Waals surface area contributed by atoms with Crippen LogP contribution in [0.15, 0.2) is 109 Å². The van der Waals surface area contributed by atoms with Gasteiger partial charge in [-0.25, -0.2) is 9.59 Å². The minimum absolute atomic E-state index is 0.169. The van der Waals surface area contributed by atoms with E-state index in [1.54, 1.807) is 55.5 Å². The Morgan fingerprint density at radius 2 is 0.979 bits per heavy atom. The summed E-state index contributed by atoms with van der Waals surface area (Å²) >= 11 is 0. The number of rotatable bonds is 19. The Kier molecular flexibility index (Phi) is 17.3. The van der Waals surface area contributed by atoms with E-state index in [4.69, 9.17) is 14.2 Å². The largest absolute Gasteiger partial charge is 0.508 e. The molecular weight excluding hydrogens is 608 g/mol. The Hall–Kier alpha value is -4.66. The standard InChI is InChI=1S/C21H26O4.C19H22O4/c1-2-24-21(23)20(16-18-11-13-19(22)14-12-18)25-15-7-6-10-17-8-4-3-5-9-17;20-17-11-9-16(10-12-17)14-18(19(21)22)23-13-5-4-8-15-6-2-1-3-7-15/h3-5,8-9,11-14,20,22H,2,6-7,10,15-16H2,1H3;1-3,6-7,9-12,18,20H,4-5,8,13-14H2,(H,21,22)/t20-;/m1./s1. The molecule has 48 heavy (non-hydrogen) atoms. The summed E-state index contributed by atoms with van der Waals surface area (Å²) in [5.74, 6) is -0.916. The van der Waals surface area contributed by atoms with Crippen molar-refractivity contribution in [2.24, 2.45) is 0 Å². The summed E-state index contributed by atoms with van der Waals surface area (Å²) in [5.41, 5.74) is 4.36. The molecule has 0 aromatic heterocycles. The Morgan fingerprint density at radius 3 is 1.40 bits per heavy atom. The molecule has 0 radical (unpaired) electrons. The van der Waals surface area contributed by atoms with Gasteiger partial charge in [-0.15, -0.1) is 0 Å². The first kappa shape index (κ1) is 37.8. The average molecular weight is 657 g/mol. The van der Waals surface area contributed by atoms with Crippen molar-refractivity contribution >= 4 is 11.9 Å². The number of hydrogen-bond acceptors (Lipinski definition) is 7. The molecule has 0 saturated heterocycles. The van der Waals surface area contributed by atoms with Crippen LogP contribution in [-0.2, 0) is 49.5 Å². The van der Waals surface area contributed by atoms with E-state index in [-0.39, 0.29) is 17.5 Å². The van der Waals surface area contributed by atoms with Crippen LogP contribution in [0.2, 0.25) is 0 Å². The number of aliphatic carboxylic acids is 1. The molecule has 0 heterocycles. The number of carboxylic acid groups (broad SMARTS) is 1. The lowest BCUT2D eigenvalue weighted by Crippen LogP contribution is -2.29. The summed E-state index contributed by atoms with van der Waals surface area (Å²) in [6, 6.07) is 33.9. The van der Waals surface area contributed by atoms with Gasteiger partial charge in [0.2, 0.25) is 0 Å². The molecule has 2 atom stereocenters. The number of unbranched alkanes of at least 4 members (excludes halogenated alkanes) is 2. The summed E-state index contributed by atoms with van der Waals surface area (Å²) in [7, 11) is 0. The van der Waals surface area contributed by atoms with Gasteiger partial charge < -0.3 is 29.5 Å². The van der Waals surface area contributed by atoms with Crippen LogP contribution < -0.4 is 0 Å². The molecular formula is C40H48O8. The summed E-state index contributed by atoms with van der Waals surface area (Å²) in [5, 5.41) is 27.9. The predicted molar refractivity (Wildman–Crippen MR) is 186 cm³/mol. The number of phenols is 2. The van der Waals surface area contributed by atoms with E-state index in [9.17, 15) is 24.9 Å². The summed E-state index contributed by atoms with van der Waals surface area (Å²) in [6.07, 6.45) is 4.96. The van der Waals surface area contributed by atoms with E-state index in [0.29, 0.717) is 32.7 Å². The highest BCUT2D eigenvalue weighted by atomic mass is 16.6. The van der Waals surface area contributed by atoms with Gasteiger partial charge in [-0.3, -0.25) is 0 Å². The lowest BCUT2D eigenvalue weighted by Gasteiger charge is -2.16. The van der Waals surface area contributed by atoms with Crippen molar-refractivity contribution in [1.29, 1.82) is 0 Å². The van der Waals surface area contributed by atoms with Crippen LogP contribution in [0.25, 0.3) is 0 Å². The third-order valence-corrected chi connectivity index (χ3v) is 7.58. The molecule has 0 fully saturated rings. The quantitative estimate of drug-likeness (QED) is 0.0708. The van der Waals surface area contributed by atoms with Gasteiger partial charge in [-0.2, -0.15) is 0 Å². The maximum Gasteiger partial charge on any atom is 0.335 e. The number of phenolic OH excluding ortho intramolecular Hbond substituents is 2. The second-order valence-corrected chi connectivity index (χ2v) is 11.4. The number of carbonyl (C=O) groups excluding carboxylic acids is 1. The fraction of sp³-hybridized carbons (Fsp3) is 0.350. The van der Waals surface area contributed by atoms with E-state index in [0.717, 1.165) is 49.7 Å². The molecule has 4 aromatic rings. The van der Waals surface area contributed by atoms with Crippen LogP contribution in [0.3, 0.4) is 0 Å². The summed E-state index contributed by atoms with van der Waals surface area (Å²) in [6.45, 7) is 3.08. The fourth-order valence-electron chi connectivity index (χ4n) is 4.96. The summed E-state index contributed by atoms with van der Waals surface area (Å²) < 4.78 is 16.4. The molecule has 0 spiro atoms. The maximum atomic E-state index is 12.1. The molecule has 0 aliphatic carbocycles. The van der Waals surface area contributed by atoms with Crippen molar-refractivity contribution in [3.63, 3.8) is 0 Å². The first-order valence-electron chi connectivity index (χ1n) is 16.6. The highest BCUT2D eigenvalue weighted by Crippen LogP contribution is 2.15. The maximum absolute atomic E-state index is 12.1. The van der Waals surface area contributed by atoms with E-state index in [1.165, 1.54) is 11.1 Å². The Labute approximate surface area is 283 Å². The Bertz CT molecular complexity index is 1440. The molecule has 0 bridgehead atoms. The van der Waals surface area contributed by atoms with Crippen molar-refractivity contribution in [2.75, 3.05) is 19.8 Å². The smallest absolute Gasteiger partial charge is 0.335 e. The van der Waals surface area contributed by atoms with Gasteiger partial charge in [-0.1, -0.05) is 84.9 Å². The van der Waals surface area contributed by atoms with E-state index < -0.39 is 18.2 Å². The lowest BCUT2D eigenvalue weighted by molar-refractivity contribution is -0.156. The number of aryl methyl sites for hydroxylation is 2. The molecule has 4 rings (SSSR count). The molecule has 0 amide bonds. The topological polar surface area (TPSA) is 123 Å². The second kappa shape index (κ2) is 22.0. The van der Waals surface area contributed by atoms with E-state index >= 15 is 0 Å². The highest BCUT2D eigenvalue weighted by Gasteiger charge is 2.21. The van der Waals surface area contributed by atoms with Crippen LogP contribution in [0.5, 0.6) is 11.5 Å². The average Bonchev–Trinajstić information content (AvgIpc) is 3.10. The third-order valence-electron chi connectivity index (χ3n) is 7.58. The molecule has 8 nitrogen and oxygen atoms in total. The van der Waals surface area contributed by atoms with Gasteiger partial charge >= 0.3 is 11.9 Å². The zero-order chi connectivity index (χ0) is 34.4. The van der Waals surface area contributed by atoms with Gasteiger partial charge in [-0.05, 0) is 92.0 Å². The van der Waals surface area contributed by atoms with Crippen molar-refractivity contribution in [1.82, 2.24) is 0 Å². The third kappa shape index (κ3) is 15.3. The van der Waals surface area contributed by atoms with Crippen LogP contribution in [0, 0.1) is 0 Å². The number of aromatic hydroxyl groups is 2. The zero-order valence-corrected chi connectivity index (χ0v) is 27.7. The first-order chi connectivity index (χ1) is 23.3. The van der Waals surface area contributed by atoms with Crippen LogP contribution >= 0.6 is 0 Å². The molecule has 0 aliphatic rings. The first-order valence-corrected chi connectivity index (χ1v) is 16.6. The zero-order valence-electron chi connectivity index (χ0n) is 27.7. The number of carboxylic acids is 1. The number of ether oxygens (including phenoxy) is 3. The van der Waals surface area contributed by atoms with Crippen LogP contribution in [0.1, 0.15) is 54.9 Å². The number of esters is 1. The van der Waals surface area contributed by atoms with Gasteiger partial charge in [0.05, 0.1) is 6.61 Å². The van der Waals surface area contributed by atoms with Gasteiger partial charge in [0, 0.05) is 26.1 Å². The lowest BCUT2D eigenvalue weighted by atomic mass is 10.1. The van der Waals surface area contributed by atoms with Crippen LogP contribution in [-0.4, -0.2) is 59.3 Å². The minimum Gasteiger partial charge on any atom is -0.508 e. The molecule has 0 saturated carbocycles. The van der Waals surface area contributed by atoms with Crippen molar-refractivity contribution < 1.29 is 39.1 Å². The van der Waals surface area contributed by atoms with Crippen molar-refractivity contribution in [3.05, 3.63) is 131 Å². The molecule has 3 N–H and O–H groups in total. The number of hydrogen-bond donors (Lipinski definition) is 3. The summed E-state index contributed by atoms with van der Waals surface area (Å²) in [4.78, 5) is 23.4. The number of carbonyl (C=O) groups is 2. The highest BCUT2D eigenvalue weighted by molar-refractivity contribution is 5.75. The van der Waals surface area contributed by atoms with Gasteiger partial charge in [0.25, 0.3) is 0 Å². The molecule has 4 aromatic carbocycles. The Balaban J connectivity index is 0.000000261. The minimum atomic E-state index is -0.957. The number of benzene rings is 4. The SMILES string of the molecule is CCOC(=O)[C@@H](Cc1ccc(O)cc1)OCCCCc1ccccc1.O=C(O)C(Cc1ccc(O)cc1)OCCCCc1ccccc1. The molecule has 0 aliphatic heterocycles. The normalized spacial score (nSPS) is 11.9. The second-order valence-electron chi connectivity index (χ2n) is 11.4. The van der Waals surface area contributed by atoms with Crippen molar-refractivity contribution in [2.45, 2.75) is 70.5 Å². The molecule has 8 heteroatoms. The fourth-order valence-corrected chi connectivity index (χ4v) is 4.96. The van der Waals surface area contributed by atoms with E-state index in [1.807, 2.05) is 36.4 Å². The molecule has 1 unspecified atom stereocenters. The van der Waals surface area contributed by atoms with Crippen LogP contribution in [0.4, 0.5) is 0 Å². The van der Waals surface area contributed by atoms with E-state index in [2.05, 4.69) is 24.3 Å². The Morgan fingerprint density at radius 1 is 0.562 bits per heavy atom. The van der Waals surface area contributed by atoms with Crippen molar-refractivity contribution in [3.8, 4) is 11.5 Å². The predicted octanol–water partition coefficient (Wildman–Crippen LogP) is 7.33. The monoisotopic (exact) mass is 656 g/mol.